The summed E-state index contributed by atoms with van der Waals surface area (Å²) in [6.45, 7) is 7.14. The van der Waals surface area contributed by atoms with Crippen LogP contribution in [0.4, 0.5) is 10.0 Å². The maximum atomic E-state index is 9.14. The van der Waals surface area contributed by atoms with Gasteiger partial charge in [-0.3, -0.25) is 0 Å². The Morgan fingerprint density at radius 2 is 1.31 bits per heavy atom. The Labute approximate surface area is 253 Å². The smallest absolute Gasteiger partial charge is 0.350 e. The van der Waals surface area contributed by atoms with E-state index in [1.165, 1.54) is 22.7 Å². The molecule has 0 aliphatic rings. The highest BCUT2D eigenvalue weighted by Gasteiger charge is 2.24. The number of ether oxygens (including phenoxy) is 2. The molecule has 15 heteroatoms. The fourth-order valence-corrected chi connectivity index (χ4v) is 9.00. The lowest BCUT2D eigenvalue weighted by atomic mass is 10.1. The van der Waals surface area contributed by atoms with Gasteiger partial charge < -0.3 is 14.3 Å². The molecule has 0 aliphatic heterocycles. The van der Waals surface area contributed by atoms with Gasteiger partial charge in [0, 0.05) is 39.7 Å². The van der Waals surface area contributed by atoms with Gasteiger partial charge in [-0.2, -0.15) is 25.5 Å². The second-order valence-electron chi connectivity index (χ2n) is 8.40. The zero-order valence-corrected chi connectivity index (χ0v) is 25.0. The molecule has 0 amide bonds. The van der Waals surface area contributed by atoms with Crippen LogP contribution in [-0.4, -0.2) is 40.8 Å². The lowest BCUT2D eigenvalue weighted by Gasteiger charge is -1.98. The molecule has 0 saturated heterocycles. The van der Waals surface area contributed by atoms with Gasteiger partial charge in [0.05, 0.1) is 33.4 Å². The summed E-state index contributed by atoms with van der Waals surface area (Å²) in [5.41, 5.74) is 1.29. The monoisotopic (exact) mass is 623 g/mol. The van der Waals surface area contributed by atoms with Crippen LogP contribution in [0.25, 0.3) is 55.6 Å². The first-order chi connectivity index (χ1) is 20.4. The van der Waals surface area contributed by atoms with Gasteiger partial charge >= 0.3 is 5.84 Å². The summed E-state index contributed by atoms with van der Waals surface area (Å²) in [5, 5.41) is 39.6. The van der Waals surface area contributed by atoms with Crippen LogP contribution >= 0.6 is 45.3 Å². The van der Waals surface area contributed by atoms with E-state index >= 15 is 0 Å². The molecule has 0 aliphatic carbocycles. The number of aromatic nitrogens is 3. The normalized spacial score (nSPS) is 11.3. The van der Waals surface area contributed by atoms with Crippen molar-refractivity contribution in [3.8, 4) is 49.2 Å². The molecule has 6 aromatic rings. The molecule has 6 rings (SSSR count). The largest absolute Gasteiger partial charge is 0.495 e. The summed E-state index contributed by atoms with van der Waals surface area (Å²) in [5.74, 6) is 0.938. The molecule has 0 N–H and O–H groups in total. The maximum absolute atomic E-state index is 9.14. The van der Waals surface area contributed by atoms with Crippen molar-refractivity contribution in [3.63, 3.8) is 0 Å². The third-order valence-corrected chi connectivity index (χ3v) is 10.8. The number of aryl methyl sites for hydroxylation is 1. The quantitative estimate of drug-likeness (QED) is 0.106. The van der Waals surface area contributed by atoms with Gasteiger partial charge in [-0.1, -0.05) is 22.9 Å². The van der Waals surface area contributed by atoms with Crippen LogP contribution in [0.1, 0.15) is 0 Å². The molecule has 0 spiro atoms. The van der Waals surface area contributed by atoms with Crippen LogP contribution in [0.15, 0.2) is 34.3 Å². The molecule has 1 aromatic carbocycles. The highest BCUT2D eigenvalue weighted by Crippen LogP contribution is 2.52. The van der Waals surface area contributed by atoms with Crippen LogP contribution in [0, 0.1) is 40.6 Å². The van der Waals surface area contributed by atoms with E-state index in [0.29, 0.717) is 21.5 Å². The zero-order valence-electron chi connectivity index (χ0n) is 21.8. The lowest BCUT2D eigenvalue weighted by Crippen LogP contribution is -1.90. The van der Waals surface area contributed by atoms with Crippen LogP contribution in [0.5, 0.6) is 11.5 Å². The van der Waals surface area contributed by atoms with Gasteiger partial charge in [0.25, 0.3) is 0 Å². The van der Waals surface area contributed by atoms with E-state index in [1.807, 2.05) is 0 Å². The fraction of sp³-hybridized carbons (Fsp3) is 0.111. The van der Waals surface area contributed by atoms with Gasteiger partial charge in [0.2, 0.25) is 10.7 Å². The zero-order chi connectivity index (χ0) is 29.5. The molecule has 5 heterocycles. The van der Waals surface area contributed by atoms with E-state index in [1.54, 1.807) is 79.1 Å². The van der Waals surface area contributed by atoms with E-state index in [0.717, 1.165) is 50.7 Å². The molecular formula is C27H13N9O2S4. The van der Waals surface area contributed by atoms with E-state index in [9.17, 15) is 0 Å². The Morgan fingerprint density at radius 3 is 1.74 bits per heavy atom. The number of aliphatic imine (C=N–C) groups is 2. The number of fused-ring (bicyclic) bond motifs is 6. The minimum atomic E-state index is -0.245. The van der Waals surface area contributed by atoms with Crippen LogP contribution in [0.3, 0.4) is 0 Å². The van der Waals surface area contributed by atoms with E-state index in [2.05, 4.69) is 37.2 Å². The molecule has 0 fully saturated rings. The number of benzene rings is 1. The molecule has 0 radical (unpaired) electrons. The van der Waals surface area contributed by atoms with Gasteiger partial charge in [-0.15, -0.1) is 34.0 Å². The maximum Gasteiger partial charge on any atom is 0.350 e. The SMILES string of the molecule is [C-]#[N+]C(C#N)=Nc1cc(OC)c(-c2cc3c4nn(C)nc4c4cc(-c5sc(N=C(C#N)C#N)cc5OC)sc4c3s2)s1. The third-order valence-electron chi connectivity index (χ3n) is 6.01. The number of nitrogens with zero attached hydrogens (tertiary/aromatic N) is 9. The highest BCUT2D eigenvalue weighted by atomic mass is 32.1. The van der Waals surface area contributed by atoms with E-state index in [-0.39, 0.29) is 11.5 Å². The summed E-state index contributed by atoms with van der Waals surface area (Å²) in [4.78, 5) is 16.5. The molecular weight excluding hydrogens is 611 g/mol. The van der Waals surface area contributed by atoms with Crippen molar-refractivity contribution in [1.29, 1.82) is 15.8 Å². The fourth-order valence-electron chi connectivity index (χ4n) is 4.31. The number of nitriles is 3. The second kappa shape index (κ2) is 10.7. The Hall–Kier alpha value is -5.16. The number of thiophene rings is 4. The van der Waals surface area contributed by atoms with E-state index < -0.39 is 0 Å². The highest BCUT2D eigenvalue weighted by molar-refractivity contribution is 7.33. The van der Waals surface area contributed by atoms with Crippen molar-refractivity contribution in [2.45, 2.75) is 0 Å². The molecule has 0 atom stereocenters. The average molecular weight is 624 g/mol. The molecule has 0 saturated carbocycles. The van der Waals surface area contributed by atoms with Crippen LogP contribution in [-0.2, 0) is 7.05 Å². The lowest BCUT2D eigenvalue weighted by molar-refractivity contribution is 0.418. The minimum Gasteiger partial charge on any atom is -0.495 e. The summed E-state index contributed by atoms with van der Waals surface area (Å²) in [7, 11) is 4.92. The Bertz CT molecular complexity index is 2110. The van der Waals surface area contributed by atoms with Crippen LogP contribution < -0.4 is 9.47 Å². The first kappa shape index (κ1) is 27.0. The minimum absolute atomic E-state index is 0.230. The third kappa shape index (κ3) is 4.44. The Kier molecular flexibility index (Phi) is 6.87. The van der Waals surface area contributed by atoms with Crippen molar-refractivity contribution in [1.82, 2.24) is 15.0 Å². The summed E-state index contributed by atoms with van der Waals surface area (Å²) < 4.78 is 13.3. The Balaban J connectivity index is 1.58. The first-order valence-corrected chi connectivity index (χ1v) is 15.0. The summed E-state index contributed by atoms with van der Waals surface area (Å²) in [6, 6.07) is 12.9. The van der Waals surface area contributed by atoms with Gasteiger partial charge in [0.15, 0.2) is 0 Å². The van der Waals surface area contributed by atoms with E-state index in [4.69, 9.17) is 31.8 Å². The number of methoxy groups -OCH3 is 2. The topological polar surface area (TPSA) is 150 Å². The summed E-state index contributed by atoms with van der Waals surface area (Å²) >= 11 is 5.84. The van der Waals surface area contributed by atoms with Crippen molar-refractivity contribution < 1.29 is 9.47 Å². The molecule has 0 unspecified atom stereocenters. The number of hydrogen-bond donors (Lipinski definition) is 0. The number of hydrogen-bond acceptors (Lipinski definition) is 13. The van der Waals surface area contributed by atoms with Crippen molar-refractivity contribution >= 4 is 98.1 Å². The molecule has 202 valence electrons. The van der Waals surface area contributed by atoms with Crippen LogP contribution in [0.2, 0.25) is 0 Å². The second-order valence-corrected chi connectivity index (χ2v) is 12.6. The molecule has 11 nitrogen and oxygen atoms in total. The van der Waals surface area contributed by atoms with Gasteiger partial charge in [-0.05, 0) is 12.1 Å². The molecule has 5 aromatic heterocycles. The van der Waals surface area contributed by atoms with Gasteiger partial charge in [-0.25, -0.2) is 10.3 Å². The molecule has 0 bridgehead atoms. The van der Waals surface area contributed by atoms with Gasteiger partial charge in [0.1, 0.15) is 45.7 Å². The van der Waals surface area contributed by atoms with Crippen molar-refractivity contribution in [3.05, 3.63) is 35.7 Å². The number of amidine groups is 1. The Morgan fingerprint density at radius 1 is 0.810 bits per heavy atom. The van der Waals surface area contributed by atoms with Crippen molar-refractivity contribution in [2.24, 2.45) is 17.0 Å². The molecule has 42 heavy (non-hydrogen) atoms. The first-order valence-electron chi connectivity index (χ1n) is 11.7. The predicted molar refractivity (Wildman–Crippen MR) is 167 cm³/mol. The predicted octanol–water partition coefficient (Wildman–Crippen LogP) is 7.46. The number of rotatable bonds is 6. The average Bonchev–Trinajstić information content (AvgIpc) is 3.82. The van der Waals surface area contributed by atoms with Crippen molar-refractivity contribution in [2.75, 3.05) is 14.2 Å². The standard InChI is InChI=1S/C27H13N9O2S4/c1-31-19(11-30)33-21-8-16(38-4)27(42-21)18-6-14-23-22(34-36(2)35-23)13-5-17(39-24(13)25(14)40-18)26-15(37-3)7-20(41-26)32-12(9-28)10-29/h5-8H,2-4H3. The summed E-state index contributed by atoms with van der Waals surface area (Å²) in [6.07, 6.45) is 0.